The Bertz CT molecular complexity index is 907. The predicted molar refractivity (Wildman–Crippen MR) is 105 cm³/mol. The summed E-state index contributed by atoms with van der Waals surface area (Å²) in [5.74, 6) is -0.452. The molecular weight excluding hydrogens is 386 g/mol. The smallest absolute Gasteiger partial charge is 0.243 e. The van der Waals surface area contributed by atoms with Gasteiger partial charge in [0, 0.05) is 24.0 Å². The van der Waals surface area contributed by atoms with Gasteiger partial charge < -0.3 is 0 Å². The first-order chi connectivity index (χ1) is 13.0. The first-order valence-corrected chi connectivity index (χ1v) is 10.4. The van der Waals surface area contributed by atoms with Crippen LogP contribution in [0, 0.1) is 5.92 Å². The summed E-state index contributed by atoms with van der Waals surface area (Å²) in [6, 6.07) is 15.4. The molecule has 0 bridgehead atoms. The highest BCUT2D eigenvalue weighted by Gasteiger charge is 2.31. The van der Waals surface area contributed by atoms with E-state index in [0.29, 0.717) is 31.0 Å². The number of carbonyl (C=O) groups excluding carboxylic acids is 1. The minimum Gasteiger partial charge on any atom is -0.273 e. The summed E-state index contributed by atoms with van der Waals surface area (Å²) in [5, 5.41) is 4.60. The van der Waals surface area contributed by atoms with E-state index in [1.54, 1.807) is 60.8 Å². The predicted octanol–water partition coefficient (Wildman–Crippen LogP) is 2.89. The van der Waals surface area contributed by atoms with Crippen molar-refractivity contribution in [2.24, 2.45) is 11.0 Å². The SMILES string of the molecule is O=C(N/N=C/c1ccc(Cl)cc1)C1CCN(S(=O)(=O)c2ccccc2)CC1. The lowest BCUT2D eigenvalue weighted by Crippen LogP contribution is -2.42. The number of hydrogen-bond acceptors (Lipinski definition) is 4. The fourth-order valence-electron chi connectivity index (χ4n) is 2.91. The van der Waals surface area contributed by atoms with E-state index in [1.807, 2.05) is 0 Å². The maximum atomic E-state index is 12.6. The lowest BCUT2D eigenvalue weighted by Gasteiger charge is -2.30. The lowest BCUT2D eigenvalue weighted by atomic mass is 9.98. The Morgan fingerprint density at radius 2 is 1.70 bits per heavy atom. The van der Waals surface area contributed by atoms with Gasteiger partial charge in [0.15, 0.2) is 0 Å². The molecule has 0 saturated carbocycles. The van der Waals surface area contributed by atoms with Crippen molar-refractivity contribution >= 4 is 33.7 Å². The van der Waals surface area contributed by atoms with Gasteiger partial charge in [-0.1, -0.05) is 41.9 Å². The van der Waals surface area contributed by atoms with Crippen molar-refractivity contribution in [3.8, 4) is 0 Å². The first kappa shape index (κ1) is 19.5. The number of amides is 1. The number of nitrogens with one attached hydrogen (secondary N) is 1. The number of rotatable bonds is 5. The maximum absolute atomic E-state index is 12.6. The molecule has 1 heterocycles. The van der Waals surface area contributed by atoms with Crippen LogP contribution in [0.25, 0.3) is 0 Å². The van der Waals surface area contributed by atoms with Crippen LogP contribution in [0.4, 0.5) is 0 Å². The molecule has 8 heteroatoms. The molecule has 1 fully saturated rings. The van der Waals surface area contributed by atoms with E-state index in [2.05, 4.69) is 10.5 Å². The Hall–Kier alpha value is -2.22. The summed E-state index contributed by atoms with van der Waals surface area (Å²) in [5.41, 5.74) is 3.35. The van der Waals surface area contributed by atoms with Crippen molar-refractivity contribution in [1.29, 1.82) is 0 Å². The van der Waals surface area contributed by atoms with Crippen LogP contribution in [-0.2, 0) is 14.8 Å². The number of benzene rings is 2. The van der Waals surface area contributed by atoms with Crippen LogP contribution in [0.1, 0.15) is 18.4 Å². The van der Waals surface area contributed by atoms with Gasteiger partial charge in [0.2, 0.25) is 15.9 Å². The third-order valence-electron chi connectivity index (χ3n) is 4.46. The molecule has 27 heavy (non-hydrogen) atoms. The van der Waals surface area contributed by atoms with Crippen LogP contribution in [-0.4, -0.2) is 37.9 Å². The fourth-order valence-corrected chi connectivity index (χ4v) is 4.53. The molecule has 2 aromatic rings. The van der Waals surface area contributed by atoms with Gasteiger partial charge >= 0.3 is 0 Å². The Kier molecular flexibility index (Phi) is 6.26. The van der Waals surface area contributed by atoms with Crippen molar-refractivity contribution in [3.63, 3.8) is 0 Å². The van der Waals surface area contributed by atoms with Gasteiger partial charge in [-0.2, -0.15) is 9.41 Å². The monoisotopic (exact) mass is 405 g/mol. The van der Waals surface area contributed by atoms with Crippen molar-refractivity contribution in [3.05, 3.63) is 65.2 Å². The molecule has 2 aromatic carbocycles. The van der Waals surface area contributed by atoms with Crippen LogP contribution >= 0.6 is 11.6 Å². The number of hydrogen-bond donors (Lipinski definition) is 1. The zero-order chi connectivity index (χ0) is 19.3. The Labute approximate surface area is 163 Å². The number of nitrogens with zero attached hydrogens (tertiary/aromatic N) is 2. The van der Waals surface area contributed by atoms with Crippen LogP contribution in [0.5, 0.6) is 0 Å². The first-order valence-electron chi connectivity index (χ1n) is 8.60. The van der Waals surface area contributed by atoms with E-state index in [9.17, 15) is 13.2 Å². The molecule has 3 rings (SSSR count). The van der Waals surface area contributed by atoms with Crippen LogP contribution in [0.3, 0.4) is 0 Å². The molecular formula is C19H20ClN3O3S. The molecule has 0 radical (unpaired) electrons. The van der Waals surface area contributed by atoms with Crippen molar-refractivity contribution in [1.82, 2.24) is 9.73 Å². The largest absolute Gasteiger partial charge is 0.273 e. The third-order valence-corrected chi connectivity index (χ3v) is 6.63. The highest BCUT2D eigenvalue weighted by molar-refractivity contribution is 7.89. The molecule has 1 saturated heterocycles. The second-order valence-electron chi connectivity index (χ2n) is 6.28. The van der Waals surface area contributed by atoms with Gasteiger partial charge in [-0.15, -0.1) is 0 Å². The third kappa shape index (κ3) is 4.94. The van der Waals surface area contributed by atoms with Gasteiger partial charge in [0.25, 0.3) is 0 Å². The number of sulfonamides is 1. The van der Waals surface area contributed by atoms with Crippen LogP contribution < -0.4 is 5.43 Å². The molecule has 0 atom stereocenters. The maximum Gasteiger partial charge on any atom is 0.243 e. The van der Waals surface area contributed by atoms with E-state index >= 15 is 0 Å². The second-order valence-corrected chi connectivity index (χ2v) is 8.65. The Balaban J connectivity index is 1.53. The van der Waals surface area contributed by atoms with Gasteiger partial charge in [-0.05, 0) is 42.7 Å². The average Bonchev–Trinajstić information content (AvgIpc) is 2.70. The average molecular weight is 406 g/mol. The summed E-state index contributed by atoms with van der Waals surface area (Å²) in [6.45, 7) is 0.631. The van der Waals surface area contributed by atoms with Crippen molar-refractivity contribution in [2.75, 3.05) is 13.1 Å². The van der Waals surface area contributed by atoms with E-state index in [1.165, 1.54) is 4.31 Å². The minimum absolute atomic E-state index is 0.197. The molecule has 0 aromatic heterocycles. The number of carbonyl (C=O) groups is 1. The molecule has 0 spiro atoms. The molecule has 142 valence electrons. The van der Waals surface area contributed by atoms with Crippen molar-refractivity contribution in [2.45, 2.75) is 17.7 Å². The van der Waals surface area contributed by atoms with Crippen LogP contribution in [0.2, 0.25) is 5.02 Å². The Morgan fingerprint density at radius 3 is 2.33 bits per heavy atom. The van der Waals surface area contributed by atoms with Gasteiger partial charge in [-0.3, -0.25) is 4.79 Å². The van der Waals surface area contributed by atoms with Gasteiger partial charge in [0.1, 0.15) is 0 Å². The Morgan fingerprint density at radius 1 is 1.07 bits per heavy atom. The summed E-state index contributed by atoms with van der Waals surface area (Å²) in [6.07, 6.45) is 2.48. The summed E-state index contributed by atoms with van der Waals surface area (Å²) < 4.78 is 26.7. The summed E-state index contributed by atoms with van der Waals surface area (Å²) in [4.78, 5) is 12.5. The molecule has 1 aliphatic rings. The zero-order valence-corrected chi connectivity index (χ0v) is 16.2. The molecule has 0 aliphatic carbocycles. The van der Waals surface area contributed by atoms with Gasteiger partial charge in [0.05, 0.1) is 11.1 Å². The quantitative estimate of drug-likeness (QED) is 0.613. The van der Waals surface area contributed by atoms with E-state index in [-0.39, 0.29) is 16.7 Å². The van der Waals surface area contributed by atoms with Gasteiger partial charge in [-0.25, -0.2) is 13.8 Å². The van der Waals surface area contributed by atoms with E-state index in [0.717, 1.165) is 5.56 Å². The summed E-state index contributed by atoms with van der Waals surface area (Å²) in [7, 11) is -3.51. The van der Waals surface area contributed by atoms with Crippen LogP contribution in [0.15, 0.2) is 64.6 Å². The fraction of sp³-hybridized carbons (Fsp3) is 0.263. The highest BCUT2D eigenvalue weighted by Crippen LogP contribution is 2.23. The van der Waals surface area contributed by atoms with E-state index in [4.69, 9.17) is 11.6 Å². The minimum atomic E-state index is -3.51. The molecule has 1 N–H and O–H groups in total. The summed E-state index contributed by atoms with van der Waals surface area (Å²) >= 11 is 5.82. The second kappa shape index (κ2) is 8.65. The topological polar surface area (TPSA) is 78.8 Å². The number of halogens is 1. The molecule has 1 amide bonds. The standard InChI is InChI=1S/C19H20ClN3O3S/c20-17-8-6-15(7-9-17)14-21-22-19(24)16-10-12-23(13-11-16)27(25,26)18-4-2-1-3-5-18/h1-9,14,16H,10-13H2,(H,22,24)/b21-14+. The number of hydrazone groups is 1. The normalized spacial score (nSPS) is 16.5. The number of piperidine rings is 1. The molecule has 0 unspecified atom stereocenters. The zero-order valence-electron chi connectivity index (χ0n) is 14.6. The lowest BCUT2D eigenvalue weighted by molar-refractivity contribution is -0.126. The molecule has 6 nitrogen and oxygen atoms in total. The highest BCUT2D eigenvalue weighted by atomic mass is 35.5. The van der Waals surface area contributed by atoms with Crippen molar-refractivity contribution < 1.29 is 13.2 Å². The molecule has 1 aliphatic heterocycles. The van der Waals surface area contributed by atoms with E-state index < -0.39 is 10.0 Å².